The number of nitrogens with zero attached hydrogens (tertiary/aromatic N) is 2. The Morgan fingerprint density at radius 1 is 1.23 bits per heavy atom. The van der Waals surface area contributed by atoms with E-state index in [1.165, 1.54) is 0 Å². The number of amides is 1. The Kier molecular flexibility index (Phi) is 4.66. The zero-order valence-electron chi connectivity index (χ0n) is 13.1. The van der Waals surface area contributed by atoms with Gasteiger partial charge in [0.05, 0.1) is 0 Å². The number of rotatable bonds is 3. The summed E-state index contributed by atoms with van der Waals surface area (Å²) in [5.74, 6) is 0.112. The fraction of sp³-hybridized carbons (Fsp3) is 0.312. The molecule has 2 rings (SSSR count). The zero-order chi connectivity index (χ0) is 16.3. The molecule has 22 heavy (non-hydrogen) atoms. The van der Waals surface area contributed by atoms with E-state index in [1.807, 2.05) is 33.8 Å². The van der Waals surface area contributed by atoms with Crippen LogP contribution in [0.5, 0.6) is 0 Å². The molecule has 0 bridgehead atoms. The lowest BCUT2D eigenvalue weighted by molar-refractivity contribution is 0.102. The number of anilines is 2. The Labute approximate surface area is 135 Å². The largest absolute Gasteiger partial charge is 0.350 e. The van der Waals surface area contributed by atoms with Crippen LogP contribution in [0.1, 0.15) is 36.8 Å². The van der Waals surface area contributed by atoms with E-state index in [4.69, 9.17) is 11.6 Å². The van der Waals surface area contributed by atoms with Crippen LogP contribution in [-0.2, 0) is 0 Å². The van der Waals surface area contributed by atoms with Crippen LogP contribution in [0.4, 0.5) is 11.6 Å². The van der Waals surface area contributed by atoms with E-state index in [9.17, 15) is 4.79 Å². The van der Waals surface area contributed by atoms with Crippen LogP contribution < -0.4 is 10.6 Å². The van der Waals surface area contributed by atoms with Crippen molar-refractivity contribution in [3.05, 3.63) is 46.7 Å². The molecule has 5 nitrogen and oxygen atoms in total. The minimum atomic E-state index is -0.306. The summed E-state index contributed by atoms with van der Waals surface area (Å²) >= 11 is 6.05. The van der Waals surface area contributed by atoms with Crippen LogP contribution >= 0.6 is 11.6 Å². The highest BCUT2D eigenvalue weighted by Gasteiger charge is 2.14. The second-order valence-corrected chi connectivity index (χ2v) is 6.47. The van der Waals surface area contributed by atoms with Gasteiger partial charge in [0.25, 0.3) is 5.91 Å². The predicted octanol–water partition coefficient (Wildman–Crippen LogP) is 3.90. The van der Waals surface area contributed by atoms with Gasteiger partial charge >= 0.3 is 0 Å². The van der Waals surface area contributed by atoms with Gasteiger partial charge in [-0.15, -0.1) is 0 Å². The molecule has 1 heterocycles. The van der Waals surface area contributed by atoms with Crippen molar-refractivity contribution in [2.24, 2.45) is 0 Å². The molecular weight excluding hydrogens is 300 g/mol. The number of hydrogen-bond donors (Lipinski definition) is 2. The third-order valence-corrected chi connectivity index (χ3v) is 3.21. The number of hydrogen-bond acceptors (Lipinski definition) is 4. The van der Waals surface area contributed by atoms with Crippen molar-refractivity contribution >= 4 is 29.1 Å². The Morgan fingerprint density at radius 2 is 1.95 bits per heavy atom. The number of carbonyl (C=O) groups excluding carboxylic acids is 1. The van der Waals surface area contributed by atoms with Gasteiger partial charge < -0.3 is 10.6 Å². The molecule has 116 valence electrons. The van der Waals surface area contributed by atoms with E-state index < -0.39 is 0 Å². The van der Waals surface area contributed by atoms with Crippen LogP contribution in [0, 0.1) is 6.92 Å². The molecule has 0 saturated heterocycles. The van der Waals surface area contributed by atoms with Gasteiger partial charge in [-0.25, -0.2) is 9.97 Å². The van der Waals surface area contributed by atoms with Gasteiger partial charge in [-0.1, -0.05) is 17.7 Å². The molecular formula is C16H19ClN4O. The number of halogens is 1. The quantitative estimate of drug-likeness (QED) is 0.900. The van der Waals surface area contributed by atoms with Crippen molar-refractivity contribution in [2.45, 2.75) is 33.2 Å². The number of aryl methyl sites for hydroxylation is 1. The first-order chi connectivity index (χ1) is 10.2. The van der Waals surface area contributed by atoms with E-state index in [0.29, 0.717) is 22.4 Å². The number of nitrogens with one attached hydrogen (secondary N) is 2. The van der Waals surface area contributed by atoms with Crippen LogP contribution in [0.3, 0.4) is 0 Å². The van der Waals surface area contributed by atoms with Gasteiger partial charge in [0.15, 0.2) is 0 Å². The van der Waals surface area contributed by atoms with Crippen LogP contribution in [-0.4, -0.2) is 21.4 Å². The molecule has 0 saturated carbocycles. The normalized spacial score (nSPS) is 11.1. The third kappa shape index (κ3) is 4.43. The van der Waals surface area contributed by atoms with Gasteiger partial charge in [-0.3, -0.25) is 4.79 Å². The molecule has 0 aliphatic rings. The number of aromatic nitrogens is 2. The Hall–Kier alpha value is -2.14. The van der Waals surface area contributed by atoms with Crippen LogP contribution in [0.25, 0.3) is 0 Å². The smallest absolute Gasteiger partial charge is 0.274 e. The molecule has 1 amide bonds. The molecule has 2 aromatic rings. The first-order valence-electron chi connectivity index (χ1n) is 6.93. The van der Waals surface area contributed by atoms with Crippen molar-refractivity contribution in [1.29, 1.82) is 0 Å². The first kappa shape index (κ1) is 16.2. The second-order valence-electron chi connectivity index (χ2n) is 6.06. The maximum absolute atomic E-state index is 12.3. The lowest BCUT2D eigenvalue weighted by atomic mass is 10.1. The molecule has 1 aromatic carbocycles. The topological polar surface area (TPSA) is 66.9 Å². The Bertz CT molecular complexity index is 695. The second kappa shape index (κ2) is 6.32. The average Bonchev–Trinajstić information content (AvgIpc) is 2.41. The molecule has 6 heteroatoms. The summed E-state index contributed by atoms with van der Waals surface area (Å²) in [6.45, 7) is 7.90. The maximum Gasteiger partial charge on any atom is 0.274 e. The summed E-state index contributed by atoms with van der Waals surface area (Å²) in [6, 6.07) is 6.93. The molecule has 0 spiro atoms. The summed E-state index contributed by atoms with van der Waals surface area (Å²) < 4.78 is 0. The fourth-order valence-corrected chi connectivity index (χ4v) is 1.93. The van der Waals surface area contributed by atoms with Crippen LogP contribution in [0.15, 0.2) is 30.5 Å². The standard InChI is InChI=1S/C16H19ClN4O/c1-10-5-6-11(9-12(10)17)19-14(22)13-7-8-18-15(20-13)21-16(2,3)4/h5-9H,1-4H3,(H,19,22)(H,18,20,21). The minimum Gasteiger partial charge on any atom is -0.350 e. The monoisotopic (exact) mass is 318 g/mol. The lowest BCUT2D eigenvalue weighted by Crippen LogP contribution is -2.28. The van der Waals surface area contributed by atoms with E-state index >= 15 is 0 Å². The van der Waals surface area contributed by atoms with Gasteiger partial charge in [0.1, 0.15) is 5.69 Å². The van der Waals surface area contributed by atoms with Crippen molar-refractivity contribution < 1.29 is 4.79 Å². The number of benzene rings is 1. The number of carbonyl (C=O) groups is 1. The van der Waals surface area contributed by atoms with E-state index in [0.717, 1.165) is 5.56 Å². The Morgan fingerprint density at radius 3 is 2.59 bits per heavy atom. The fourth-order valence-electron chi connectivity index (χ4n) is 1.75. The van der Waals surface area contributed by atoms with Gasteiger partial charge in [-0.2, -0.15) is 0 Å². The van der Waals surface area contributed by atoms with Crippen molar-refractivity contribution in [1.82, 2.24) is 9.97 Å². The highest BCUT2D eigenvalue weighted by atomic mass is 35.5. The summed E-state index contributed by atoms with van der Waals surface area (Å²) in [7, 11) is 0. The molecule has 0 radical (unpaired) electrons. The van der Waals surface area contributed by atoms with Gasteiger partial charge in [0, 0.05) is 22.4 Å². The molecule has 0 atom stereocenters. The van der Waals surface area contributed by atoms with Gasteiger partial charge in [0.2, 0.25) is 5.95 Å². The van der Waals surface area contributed by atoms with Crippen molar-refractivity contribution in [2.75, 3.05) is 10.6 Å². The van der Waals surface area contributed by atoms with Crippen molar-refractivity contribution in [3.63, 3.8) is 0 Å². The molecule has 2 N–H and O–H groups in total. The van der Waals surface area contributed by atoms with E-state index in [-0.39, 0.29) is 11.4 Å². The zero-order valence-corrected chi connectivity index (χ0v) is 13.8. The lowest BCUT2D eigenvalue weighted by Gasteiger charge is -2.20. The SMILES string of the molecule is Cc1ccc(NC(=O)c2ccnc(NC(C)(C)C)n2)cc1Cl. The predicted molar refractivity (Wildman–Crippen MR) is 89.5 cm³/mol. The average molecular weight is 319 g/mol. The van der Waals surface area contributed by atoms with Gasteiger partial charge in [-0.05, 0) is 51.5 Å². The summed E-state index contributed by atoms with van der Waals surface area (Å²) in [5, 5.41) is 6.52. The Balaban J connectivity index is 2.15. The summed E-state index contributed by atoms with van der Waals surface area (Å²) in [5.41, 5.74) is 1.70. The summed E-state index contributed by atoms with van der Waals surface area (Å²) in [4.78, 5) is 20.6. The highest BCUT2D eigenvalue weighted by Crippen LogP contribution is 2.20. The first-order valence-corrected chi connectivity index (χ1v) is 7.31. The minimum absolute atomic E-state index is 0.181. The van der Waals surface area contributed by atoms with E-state index in [2.05, 4.69) is 20.6 Å². The molecule has 0 unspecified atom stereocenters. The maximum atomic E-state index is 12.3. The highest BCUT2D eigenvalue weighted by molar-refractivity contribution is 6.31. The van der Waals surface area contributed by atoms with Crippen molar-refractivity contribution in [3.8, 4) is 0 Å². The van der Waals surface area contributed by atoms with E-state index in [1.54, 1.807) is 24.4 Å². The molecule has 0 aliphatic carbocycles. The molecule has 0 fully saturated rings. The molecule has 0 aliphatic heterocycles. The molecule has 1 aromatic heterocycles. The third-order valence-electron chi connectivity index (χ3n) is 2.80. The van der Waals surface area contributed by atoms with Crippen LogP contribution in [0.2, 0.25) is 5.02 Å². The summed E-state index contributed by atoms with van der Waals surface area (Å²) in [6.07, 6.45) is 1.55.